The molecule has 1 saturated heterocycles. The lowest BCUT2D eigenvalue weighted by Crippen LogP contribution is -2.31. The minimum atomic E-state index is -0.500. The molecule has 1 fully saturated rings. The van der Waals surface area contributed by atoms with E-state index in [9.17, 15) is 4.79 Å². The van der Waals surface area contributed by atoms with Crippen molar-refractivity contribution in [3.8, 4) is 0 Å². The van der Waals surface area contributed by atoms with E-state index in [1.807, 2.05) is 54.8 Å². The van der Waals surface area contributed by atoms with Gasteiger partial charge in [-0.3, -0.25) is 4.90 Å². The van der Waals surface area contributed by atoms with Crippen LogP contribution in [-0.4, -0.2) is 31.1 Å². The lowest BCUT2D eigenvalue weighted by molar-refractivity contribution is 0.255. The summed E-state index contributed by atoms with van der Waals surface area (Å²) < 4.78 is 5.78. The number of likely N-dealkylation sites (tertiary alicyclic amines) is 1. The number of nitrogens with zero attached hydrogens (tertiary/aromatic N) is 2. The predicted octanol–water partition coefficient (Wildman–Crippen LogP) is 4.46. The smallest absolute Gasteiger partial charge is 0.323 e. The Balaban J connectivity index is 1.74. The molecule has 4 rings (SSSR count). The third kappa shape index (κ3) is 3.06. The minimum absolute atomic E-state index is 0.487. The van der Waals surface area contributed by atoms with Gasteiger partial charge in [0.2, 0.25) is 0 Å². The van der Waals surface area contributed by atoms with Crippen molar-refractivity contribution in [2.75, 3.05) is 25.0 Å². The zero-order valence-electron chi connectivity index (χ0n) is 14.9. The van der Waals surface area contributed by atoms with Gasteiger partial charge in [0.05, 0.1) is 17.6 Å². The summed E-state index contributed by atoms with van der Waals surface area (Å²) in [5.74, 6) is 0.487. The summed E-state index contributed by atoms with van der Waals surface area (Å²) in [5.41, 5.74) is 9.26. The van der Waals surface area contributed by atoms with E-state index in [2.05, 4.69) is 11.9 Å². The average Bonchev–Trinajstić information content (AvgIpc) is 3.06. The highest BCUT2D eigenvalue weighted by Gasteiger charge is 2.23. The highest BCUT2D eigenvalue weighted by molar-refractivity contribution is 6.00. The third-order valence-electron chi connectivity index (χ3n) is 5.24. The van der Waals surface area contributed by atoms with E-state index < -0.39 is 6.03 Å². The highest BCUT2D eigenvalue weighted by atomic mass is 16.3. The molecule has 1 aromatic heterocycles. The summed E-state index contributed by atoms with van der Waals surface area (Å²) >= 11 is 0. The van der Waals surface area contributed by atoms with Gasteiger partial charge in [-0.1, -0.05) is 18.2 Å². The van der Waals surface area contributed by atoms with Crippen molar-refractivity contribution in [3.05, 3.63) is 60.4 Å². The molecule has 26 heavy (non-hydrogen) atoms. The molecule has 2 N–H and O–H groups in total. The second-order valence-corrected chi connectivity index (χ2v) is 6.96. The van der Waals surface area contributed by atoms with Crippen LogP contribution in [0, 0.1) is 0 Å². The molecule has 3 aromatic rings. The van der Waals surface area contributed by atoms with Crippen LogP contribution in [0.25, 0.3) is 11.0 Å². The fourth-order valence-electron chi connectivity index (χ4n) is 3.79. The molecule has 0 bridgehead atoms. The molecule has 0 atom stereocenters. The topological polar surface area (TPSA) is 62.7 Å². The van der Waals surface area contributed by atoms with Gasteiger partial charge in [-0.2, -0.15) is 0 Å². The van der Waals surface area contributed by atoms with E-state index in [0.29, 0.717) is 5.92 Å². The summed E-state index contributed by atoms with van der Waals surface area (Å²) in [6.07, 6.45) is 4.11. The third-order valence-corrected chi connectivity index (χ3v) is 5.24. The molecule has 0 aliphatic carbocycles. The fraction of sp³-hybridized carbons (Fsp3) is 0.286. The minimum Gasteiger partial charge on any atom is -0.464 e. The first-order chi connectivity index (χ1) is 12.6. The Morgan fingerprint density at radius 1 is 1.12 bits per heavy atom. The van der Waals surface area contributed by atoms with E-state index in [0.717, 1.165) is 48.3 Å². The van der Waals surface area contributed by atoms with Gasteiger partial charge in [0, 0.05) is 10.9 Å². The molecule has 1 aliphatic heterocycles. The average molecular weight is 349 g/mol. The van der Waals surface area contributed by atoms with Crippen molar-refractivity contribution in [2.45, 2.75) is 18.8 Å². The molecule has 1 aliphatic rings. The Morgan fingerprint density at radius 2 is 1.85 bits per heavy atom. The number of nitrogens with two attached hydrogens (primary N) is 1. The van der Waals surface area contributed by atoms with Gasteiger partial charge in [0.25, 0.3) is 0 Å². The molecule has 5 nitrogen and oxygen atoms in total. The SMILES string of the molecule is CN1CCC(c2coc3ccc(N(C(N)=O)c4ccccc4)cc23)CC1. The van der Waals surface area contributed by atoms with Crippen LogP contribution in [0.5, 0.6) is 0 Å². The summed E-state index contributed by atoms with van der Waals surface area (Å²) in [4.78, 5) is 16.0. The summed E-state index contributed by atoms with van der Waals surface area (Å²) in [6, 6.07) is 14.8. The maximum Gasteiger partial charge on any atom is 0.323 e. The lowest BCUT2D eigenvalue weighted by Gasteiger charge is -2.28. The Labute approximate surface area is 153 Å². The van der Waals surface area contributed by atoms with E-state index in [4.69, 9.17) is 10.2 Å². The molecule has 0 radical (unpaired) electrons. The number of hydrogen-bond donors (Lipinski definition) is 1. The molecule has 5 heteroatoms. The summed E-state index contributed by atoms with van der Waals surface area (Å²) in [5, 5.41) is 1.07. The maximum atomic E-state index is 12.1. The van der Waals surface area contributed by atoms with Crippen LogP contribution >= 0.6 is 0 Å². The van der Waals surface area contributed by atoms with E-state index in [1.54, 1.807) is 0 Å². The maximum absolute atomic E-state index is 12.1. The number of primary amides is 1. The lowest BCUT2D eigenvalue weighted by atomic mass is 9.89. The van der Waals surface area contributed by atoms with Crippen molar-refractivity contribution in [2.24, 2.45) is 5.73 Å². The molecule has 2 amide bonds. The zero-order valence-corrected chi connectivity index (χ0v) is 14.9. The van der Waals surface area contributed by atoms with Crippen LogP contribution < -0.4 is 10.6 Å². The number of hydrogen-bond acceptors (Lipinski definition) is 3. The van der Waals surface area contributed by atoms with Crippen LogP contribution in [0.15, 0.2) is 59.2 Å². The quantitative estimate of drug-likeness (QED) is 0.759. The number of benzene rings is 2. The van der Waals surface area contributed by atoms with E-state index >= 15 is 0 Å². The van der Waals surface area contributed by atoms with Gasteiger partial charge in [-0.15, -0.1) is 0 Å². The number of carbonyl (C=O) groups excluding carboxylic acids is 1. The Bertz CT molecular complexity index is 911. The van der Waals surface area contributed by atoms with Gasteiger partial charge < -0.3 is 15.1 Å². The number of fused-ring (bicyclic) bond motifs is 1. The first-order valence-electron chi connectivity index (χ1n) is 8.98. The summed E-state index contributed by atoms with van der Waals surface area (Å²) in [7, 11) is 2.16. The van der Waals surface area contributed by atoms with Gasteiger partial charge in [0.1, 0.15) is 5.58 Å². The molecule has 2 heterocycles. The highest BCUT2D eigenvalue weighted by Crippen LogP contribution is 2.37. The first-order valence-corrected chi connectivity index (χ1v) is 8.98. The first kappa shape index (κ1) is 16.7. The van der Waals surface area contributed by atoms with Crippen LogP contribution in [0.4, 0.5) is 16.2 Å². The molecule has 134 valence electrons. The number of furan rings is 1. The fourth-order valence-corrected chi connectivity index (χ4v) is 3.79. The predicted molar refractivity (Wildman–Crippen MR) is 104 cm³/mol. The van der Waals surface area contributed by atoms with E-state index in [1.165, 1.54) is 10.5 Å². The monoisotopic (exact) mass is 349 g/mol. The number of anilines is 2. The Kier molecular flexibility index (Phi) is 4.39. The Hall–Kier alpha value is -2.79. The van der Waals surface area contributed by atoms with Crippen molar-refractivity contribution < 1.29 is 9.21 Å². The molecule has 2 aromatic carbocycles. The number of carbonyl (C=O) groups is 1. The van der Waals surface area contributed by atoms with Gasteiger partial charge in [-0.05, 0) is 69.2 Å². The van der Waals surface area contributed by atoms with Crippen molar-refractivity contribution >= 4 is 28.4 Å². The second-order valence-electron chi connectivity index (χ2n) is 6.96. The molecular formula is C21H23N3O2. The number of rotatable bonds is 3. The normalized spacial score (nSPS) is 16.0. The van der Waals surface area contributed by atoms with Crippen molar-refractivity contribution in [3.63, 3.8) is 0 Å². The standard InChI is InChI=1S/C21H23N3O2/c1-23-11-9-15(10-12-23)19-14-26-20-8-7-17(13-18(19)20)24(21(22)25)16-5-3-2-4-6-16/h2-8,13-15H,9-12H2,1H3,(H2,22,25). The van der Waals surface area contributed by atoms with Gasteiger partial charge in [-0.25, -0.2) is 4.79 Å². The van der Waals surface area contributed by atoms with Crippen LogP contribution in [0.3, 0.4) is 0 Å². The number of amides is 2. The zero-order chi connectivity index (χ0) is 18.1. The summed E-state index contributed by atoms with van der Waals surface area (Å²) in [6.45, 7) is 2.18. The molecule has 0 spiro atoms. The van der Waals surface area contributed by atoms with Crippen molar-refractivity contribution in [1.82, 2.24) is 4.90 Å². The second kappa shape index (κ2) is 6.84. The molecular weight excluding hydrogens is 326 g/mol. The van der Waals surface area contributed by atoms with Gasteiger partial charge >= 0.3 is 6.03 Å². The largest absolute Gasteiger partial charge is 0.464 e. The number of piperidine rings is 1. The van der Waals surface area contributed by atoms with E-state index in [-0.39, 0.29) is 0 Å². The number of para-hydroxylation sites is 1. The van der Waals surface area contributed by atoms with Gasteiger partial charge in [0.15, 0.2) is 0 Å². The molecule has 0 unspecified atom stereocenters. The molecule has 0 saturated carbocycles. The van der Waals surface area contributed by atoms with Crippen molar-refractivity contribution in [1.29, 1.82) is 0 Å². The Morgan fingerprint density at radius 3 is 2.54 bits per heavy atom. The van der Waals surface area contributed by atoms with Crippen LogP contribution in [0.2, 0.25) is 0 Å². The van der Waals surface area contributed by atoms with Crippen LogP contribution in [-0.2, 0) is 0 Å². The number of urea groups is 1. The van der Waals surface area contributed by atoms with Crippen LogP contribution in [0.1, 0.15) is 24.3 Å².